The largest absolute Gasteiger partial charge is 0.349 e. The molecule has 3 N–H and O–H groups in total. The Balaban J connectivity index is 2.84. The van der Waals surface area contributed by atoms with Gasteiger partial charge in [-0.15, -0.1) is 0 Å². The third-order valence-corrected chi connectivity index (χ3v) is 3.29. The summed E-state index contributed by atoms with van der Waals surface area (Å²) in [6.07, 6.45) is 0. The number of aryl methyl sites for hydroxylation is 2. The van der Waals surface area contributed by atoms with Crippen molar-refractivity contribution < 1.29 is 4.79 Å². The molecule has 94 valence electrons. The molecule has 0 fully saturated rings. The quantitative estimate of drug-likeness (QED) is 0.837. The number of carbonyl (C=O) groups is 1. The minimum absolute atomic E-state index is 0.00611. The van der Waals surface area contributed by atoms with Gasteiger partial charge in [0, 0.05) is 11.6 Å². The average Bonchev–Trinajstić information content (AvgIpc) is 2.27. The van der Waals surface area contributed by atoms with E-state index in [1.165, 1.54) is 0 Å². The fourth-order valence-electron chi connectivity index (χ4n) is 1.80. The second kappa shape index (κ2) is 5.82. The molecule has 0 spiro atoms. The first-order valence-corrected chi connectivity index (χ1v) is 6.04. The van der Waals surface area contributed by atoms with Gasteiger partial charge < -0.3 is 11.1 Å². The summed E-state index contributed by atoms with van der Waals surface area (Å²) in [5.41, 5.74) is 8.40. The van der Waals surface area contributed by atoms with Crippen molar-refractivity contribution in [3.63, 3.8) is 0 Å². The summed E-state index contributed by atoms with van der Waals surface area (Å²) in [5.74, 6) is 0.275. The maximum atomic E-state index is 12.2. The fraction of sp³-hybridized carbons (Fsp3) is 0.500. The van der Waals surface area contributed by atoms with Gasteiger partial charge in [0.05, 0.1) is 0 Å². The van der Waals surface area contributed by atoms with Gasteiger partial charge in [0.15, 0.2) is 0 Å². The molecule has 0 heterocycles. The normalized spacial score (nSPS) is 14.2. The van der Waals surface area contributed by atoms with Gasteiger partial charge in [-0.2, -0.15) is 0 Å². The SMILES string of the molecule is Cc1cccc(C)c1C(=O)NC(C)C(C)CN. The van der Waals surface area contributed by atoms with Crippen LogP contribution in [0.15, 0.2) is 18.2 Å². The van der Waals surface area contributed by atoms with E-state index in [2.05, 4.69) is 5.32 Å². The Morgan fingerprint density at radius 1 is 1.29 bits per heavy atom. The molecule has 2 unspecified atom stereocenters. The van der Waals surface area contributed by atoms with Gasteiger partial charge in [0.1, 0.15) is 0 Å². The minimum Gasteiger partial charge on any atom is -0.349 e. The van der Waals surface area contributed by atoms with Crippen LogP contribution in [0, 0.1) is 19.8 Å². The number of carbonyl (C=O) groups excluding carboxylic acids is 1. The molecule has 0 aliphatic carbocycles. The standard InChI is InChI=1S/C14H22N2O/c1-9-6-5-7-10(2)13(9)14(17)16-12(4)11(3)8-15/h5-7,11-12H,8,15H2,1-4H3,(H,16,17). The van der Waals surface area contributed by atoms with Crippen LogP contribution >= 0.6 is 0 Å². The predicted octanol–water partition coefficient (Wildman–Crippen LogP) is 2.02. The van der Waals surface area contributed by atoms with E-state index in [9.17, 15) is 4.79 Å². The number of hydrogen-bond donors (Lipinski definition) is 2. The van der Waals surface area contributed by atoms with E-state index in [1.54, 1.807) is 0 Å². The number of nitrogens with two attached hydrogens (primary N) is 1. The van der Waals surface area contributed by atoms with E-state index < -0.39 is 0 Å². The summed E-state index contributed by atoms with van der Waals surface area (Å²) in [7, 11) is 0. The molecule has 0 radical (unpaired) electrons. The average molecular weight is 234 g/mol. The van der Waals surface area contributed by atoms with Gasteiger partial charge in [-0.05, 0) is 44.4 Å². The molecule has 2 atom stereocenters. The summed E-state index contributed by atoms with van der Waals surface area (Å²) >= 11 is 0. The van der Waals surface area contributed by atoms with Gasteiger partial charge in [-0.25, -0.2) is 0 Å². The van der Waals surface area contributed by atoms with Gasteiger partial charge >= 0.3 is 0 Å². The zero-order valence-electron chi connectivity index (χ0n) is 11.1. The number of hydrogen-bond acceptors (Lipinski definition) is 2. The van der Waals surface area contributed by atoms with E-state index in [-0.39, 0.29) is 17.9 Å². The highest BCUT2D eigenvalue weighted by Crippen LogP contribution is 2.13. The molecule has 0 aromatic heterocycles. The summed E-state index contributed by atoms with van der Waals surface area (Å²) in [4.78, 5) is 12.2. The predicted molar refractivity (Wildman–Crippen MR) is 71.1 cm³/mol. The van der Waals surface area contributed by atoms with Crippen LogP contribution in [0.2, 0.25) is 0 Å². The van der Waals surface area contributed by atoms with E-state index in [4.69, 9.17) is 5.73 Å². The van der Waals surface area contributed by atoms with Gasteiger partial charge in [-0.1, -0.05) is 25.1 Å². The van der Waals surface area contributed by atoms with Crippen LogP contribution in [0.4, 0.5) is 0 Å². The van der Waals surface area contributed by atoms with Crippen molar-refractivity contribution in [2.24, 2.45) is 11.7 Å². The minimum atomic E-state index is -0.00611. The second-order valence-electron chi connectivity index (χ2n) is 4.74. The number of nitrogens with one attached hydrogen (secondary N) is 1. The molecule has 0 saturated heterocycles. The Kier molecular flexibility index (Phi) is 4.70. The Hall–Kier alpha value is -1.35. The molecule has 1 rings (SSSR count). The second-order valence-corrected chi connectivity index (χ2v) is 4.74. The van der Waals surface area contributed by atoms with Crippen LogP contribution in [-0.4, -0.2) is 18.5 Å². The topological polar surface area (TPSA) is 55.1 Å². The lowest BCUT2D eigenvalue weighted by Crippen LogP contribution is -2.40. The molecule has 0 saturated carbocycles. The first-order valence-electron chi connectivity index (χ1n) is 6.04. The monoisotopic (exact) mass is 234 g/mol. The zero-order chi connectivity index (χ0) is 13.0. The molecule has 0 aliphatic heterocycles. The van der Waals surface area contributed by atoms with Gasteiger partial charge in [-0.3, -0.25) is 4.79 Å². The van der Waals surface area contributed by atoms with E-state index in [1.807, 2.05) is 45.9 Å². The Bertz CT molecular complexity index is 381. The zero-order valence-corrected chi connectivity index (χ0v) is 11.1. The van der Waals surface area contributed by atoms with Crippen LogP contribution in [0.5, 0.6) is 0 Å². The highest BCUT2D eigenvalue weighted by molar-refractivity contribution is 5.97. The molecule has 3 nitrogen and oxygen atoms in total. The molecule has 1 aromatic carbocycles. The molecular weight excluding hydrogens is 212 g/mol. The Morgan fingerprint density at radius 2 is 1.82 bits per heavy atom. The van der Waals surface area contributed by atoms with Crippen molar-refractivity contribution in [2.45, 2.75) is 33.7 Å². The molecule has 0 bridgehead atoms. The third-order valence-electron chi connectivity index (χ3n) is 3.29. The van der Waals surface area contributed by atoms with E-state index in [0.717, 1.165) is 16.7 Å². The van der Waals surface area contributed by atoms with Crippen molar-refractivity contribution in [3.05, 3.63) is 34.9 Å². The van der Waals surface area contributed by atoms with Crippen molar-refractivity contribution >= 4 is 5.91 Å². The van der Waals surface area contributed by atoms with E-state index in [0.29, 0.717) is 6.54 Å². The summed E-state index contributed by atoms with van der Waals surface area (Å²) < 4.78 is 0. The summed E-state index contributed by atoms with van der Waals surface area (Å²) in [6.45, 7) is 8.52. The highest BCUT2D eigenvalue weighted by atomic mass is 16.1. The lowest BCUT2D eigenvalue weighted by atomic mass is 10.00. The summed E-state index contributed by atoms with van der Waals surface area (Å²) in [5, 5.41) is 3.01. The van der Waals surface area contributed by atoms with Crippen LogP contribution in [0.25, 0.3) is 0 Å². The van der Waals surface area contributed by atoms with Crippen molar-refractivity contribution in [1.82, 2.24) is 5.32 Å². The Labute approximate surface area is 103 Å². The third kappa shape index (κ3) is 3.30. The van der Waals surface area contributed by atoms with Crippen molar-refractivity contribution in [2.75, 3.05) is 6.54 Å². The number of rotatable bonds is 4. The van der Waals surface area contributed by atoms with Crippen LogP contribution in [0.3, 0.4) is 0 Å². The smallest absolute Gasteiger partial charge is 0.252 e. The van der Waals surface area contributed by atoms with E-state index >= 15 is 0 Å². The van der Waals surface area contributed by atoms with Crippen LogP contribution < -0.4 is 11.1 Å². The van der Waals surface area contributed by atoms with Gasteiger partial charge in [0.2, 0.25) is 0 Å². The summed E-state index contributed by atoms with van der Waals surface area (Å²) in [6, 6.07) is 5.97. The lowest BCUT2D eigenvalue weighted by molar-refractivity contribution is 0.0928. The van der Waals surface area contributed by atoms with Crippen LogP contribution in [0.1, 0.15) is 35.3 Å². The van der Waals surface area contributed by atoms with Crippen molar-refractivity contribution in [3.8, 4) is 0 Å². The number of benzene rings is 1. The molecule has 1 aromatic rings. The fourth-order valence-corrected chi connectivity index (χ4v) is 1.80. The lowest BCUT2D eigenvalue weighted by Gasteiger charge is -2.20. The van der Waals surface area contributed by atoms with Crippen LogP contribution in [-0.2, 0) is 0 Å². The molecule has 0 aliphatic rings. The first-order chi connectivity index (χ1) is 7.97. The molecule has 1 amide bonds. The molecule has 3 heteroatoms. The van der Waals surface area contributed by atoms with Gasteiger partial charge in [0.25, 0.3) is 5.91 Å². The van der Waals surface area contributed by atoms with Crippen molar-refractivity contribution in [1.29, 1.82) is 0 Å². The maximum Gasteiger partial charge on any atom is 0.252 e. The molecular formula is C14H22N2O. The maximum absolute atomic E-state index is 12.2. The first kappa shape index (κ1) is 13.7. The highest BCUT2D eigenvalue weighted by Gasteiger charge is 2.17. The Morgan fingerprint density at radius 3 is 2.29 bits per heavy atom. The molecule has 17 heavy (non-hydrogen) atoms. The number of amides is 1.